The maximum absolute atomic E-state index is 13.3. The SMILES string of the molecule is COc1ccc(C)cc1CN(c1ccccc1)S(=O)(=O)c1ccccc1. The predicted octanol–water partition coefficient (Wildman–Crippen LogP) is 4.40. The summed E-state index contributed by atoms with van der Waals surface area (Å²) in [6, 6.07) is 23.3. The van der Waals surface area contributed by atoms with Gasteiger partial charge in [-0.2, -0.15) is 0 Å². The van der Waals surface area contributed by atoms with Crippen LogP contribution in [-0.4, -0.2) is 15.5 Å². The Balaban J connectivity index is 2.10. The Bertz CT molecular complexity index is 971. The minimum Gasteiger partial charge on any atom is -0.496 e. The second kappa shape index (κ2) is 7.62. The fraction of sp³-hybridized carbons (Fsp3) is 0.143. The van der Waals surface area contributed by atoms with E-state index in [1.807, 2.05) is 43.3 Å². The highest BCUT2D eigenvalue weighted by Gasteiger charge is 2.26. The van der Waals surface area contributed by atoms with Crippen LogP contribution < -0.4 is 9.04 Å². The number of hydrogen-bond acceptors (Lipinski definition) is 3. The molecule has 26 heavy (non-hydrogen) atoms. The molecule has 0 atom stereocenters. The zero-order valence-corrected chi connectivity index (χ0v) is 15.6. The molecule has 0 saturated heterocycles. The van der Waals surface area contributed by atoms with Crippen molar-refractivity contribution >= 4 is 15.7 Å². The van der Waals surface area contributed by atoms with Crippen molar-refractivity contribution in [1.82, 2.24) is 0 Å². The summed E-state index contributed by atoms with van der Waals surface area (Å²) < 4.78 is 33.5. The fourth-order valence-corrected chi connectivity index (χ4v) is 4.28. The summed E-state index contributed by atoms with van der Waals surface area (Å²) in [5.74, 6) is 0.666. The second-order valence-corrected chi connectivity index (χ2v) is 7.84. The van der Waals surface area contributed by atoms with Gasteiger partial charge in [-0.1, -0.05) is 54.1 Å². The molecule has 0 aromatic heterocycles. The van der Waals surface area contributed by atoms with Gasteiger partial charge >= 0.3 is 0 Å². The van der Waals surface area contributed by atoms with E-state index in [1.54, 1.807) is 49.6 Å². The van der Waals surface area contributed by atoms with Crippen molar-refractivity contribution < 1.29 is 13.2 Å². The van der Waals surface area contributed by atoms with Crippen LogP contribution in [0.4, 0.5) is 5.69 Å². The van der Waals surface area contributed by atoms with Crippen molar-refractivity contribution in [2.45, 2.75) is 18.4 Å². The van der Waals surface area contributed by atoms with E-state index in [0.717, 1.165) is 11.1 Å². The molecule has 134 valence electrons. The molecule has 0 unspecified atom stereocenters. The van der Waals surface area contributed by atoms with Gasteiger partial charge in [0.15, 0.2) is 0 Å². The van der Waals surface area contributed by atoms with Gasteiger partial charge in [-0.05, 0) is 37.3 Å². The number of rotatable bonds is 6. The van der Waals surface area contributed by atoms with Gasteiger partial charge in [-0.15, -0.1) is 0 Å². The summed E-state index contributed by atoms with van der Waals surface area (Å²) in [5.41, 5.74) is 2.47. The molecule has 0 bridgehead atoms. The Labute approximate surface area is 154 Å². The van der Waals surface area contributed by atoms with E-state index in [2.05, 4.69) is 0 Å². The summed E-state index contributed by atoms with van der Waals surface area (Å²) >= 11 is 0. The van der Waals surface area contributed by atoms with E-state index in [-0.39, 0.29) is 11.4 Å². The molecule has 3 aromatic rings. The molecule has 0 spiro atoms. The van der Waals surface area contributed by atoms with Crippen LogP contribution in [0.2, 0.25) is 0 Å². The number of benzene rings is 3. The Morgan fingerprint density at radius 1 is 0.885 bits per heavy atom. The van der Waals surface area contributed by atoms with Crippen molar-refractivity contribution in [2.24, 2.45) is 0 Å². The number of methoxy groups -OCH3 is 1. The summed E-state index contributed by atoms with van der Waals surface area (Å²) in [6.07, 6.45) is 0. The van der Waals surface area contributed by atoms with Crippen LogP contribution in [0.3, 0.4) is 0 Å². The summed E-state index contributed by atoms with van der Waals surface area (Å²) in [4.78, 5) is 0.260. The van der Waals surface area contributed by atoms with E-state index < -0.39 is 10.0 Å². The van der Waals surface area contributed by atoms with E-state index >= 15 is 0 Å². The highest BCUT2D eigenvalue weighted by Crippen LogP contribution is 2.29. The largest absolute Gasteiger partial charge is 0.496 e. The second-order valence-electron chi connectivity index (χ2n) is 5.98. The van der Waals surface area contributed by atoms with Gasteiger partial charge in [0.05, 0.1) is 24.2 Å². The molecule has 0 fully saturated rings. The predicted molar refractivity (Wildman–Crippen MR) is 104 cm³/mol. The van der Waals surface area contributed by atoms with Crippen LogP contribution in [-0.2, 0) is 16.6 Å². The monoisotopic (exact) mass is 367 g/mol. The third-order valence-corrected chi connectivity index (χ3v) is 5.91. The molecule has 0 aliphatic heterocycles. The average Bonchev–Trinajstić information content (AvgIpc) is 2.67. The average molecular weight is 367 g/mol. The fourth-order valence-electron chi connectivity index (χ4n) is 2.81. The van der Waals surface area contributed by atoms with Crippen molar-refractivity contribution in [3.63, 3.8) is 0 Å². The molecule has 0 aliphatic rings. The highest BCUT2D eigenvalue weighted by atomic mass is 32.2. The van der Waals surface area contributed by atoms with Crippen LogP contribution in [0.5, 0.6) is 5.75 Å². The topological polar surface area (TPSA) is 46.6 Å². The molecule has 0 radical (unpaired) electrons. The number of sulfonamides is 1. The Morgan fingerprint density at radius 3 is 2.12 bits per heavy atom. The number of para-hydroxylation sites is 1. The van der Waals surface area contributed by atoms with Gasteiger partial charge in [-0.25, -0.2) is 8.42 Å². The van der Waals surface area contributed by atoms with Crippen molar-refractivity contribution in [3.8, 4) is 5.75 Å². The molecule has 0 aliphatic carbocycles. The highest BCUT2D eigenvalue weighted by molar-refractivity contribution is 7.92. The molecule has 5 heteroatoms. The molecule has 0 amide bonds. The van der Waals surface area contributed by atoms with Crippen molar-refractivity contribution in [3.05, 3.63) is 90.0 Å². The van der Waals surface area contributed by atoms with Gasteiger partial charge in [-0.3, -0.25) is 4.31 Å². The molecule has 3 rings (SSSR count). The minimum absolute atomic E-state index is 0.187. The minimum atomic E-state index is -3.71. The number of nitrogens with zero attached hydrogens (tertiary/aromatic N) is 1. The first-order valence-corrected chi connectivity index (χ1v) is 9.73. The van der Waals surface area contributed by atoms with Gasteiger partial charge in [0.1, 0.15) is 5.75 Å². The molecule has 3 aromatic carbocycles. The third kappa shape index (κ3) is 3.73. The van der Waals surface area contributed by atoms with Crippen LogP contribution in [0.1, 0.15) is 11.1 Å². The maximum Gasteiger partial charge on any atom is 0.264 e. The van der Waals surface area contributed by atoms with Crippen LogP contribution in [0.15, 0.2) is 83.8 Å². The Hall–Kier alpha value is -2.79. The van der Waals surface area contributed by atoms with E-state index in [0.29, 0.717) is 11.4 Å². The lowest BCUT2D eigenvalue weighted by Gasteiger charge is -2.25. The van der Waals surface area contributed by atoms with E-state index in [4.69, 9.17) is 4.74 Å². The lowest BCUT2D eigenvalue weighted by Crippen LogP contribution is -2.30. The standard InChI is InChI=1S/C21H21NO3S/c1-17-13-14-21(25-2)18(15-17)16-22(19-9-5-3-6-10-19)26(23,24)20-11-7-4-8-12-20/h3-15H,16H2,1-2H3. The lowest BCUT2D eigenvalue weighted by atomic mass is 10.1. The van der Waals surface area contributed by atoms with E-state index in [9.17, 15) is 8.42 Å². The molecular weight excluding hydrogens is 346 g/mol. The lowest BCUT2D eigenvalue weighted by molar-refractivity contribution is 0.409. The van der Waals surface area contributed by atoms with Crippen LogP contribution in [0.25, 0.3) is 0 Å². The number of hydrogen-bond donors (Lipinski definition) is 0. The van der Waals surface area contributed by atoms with Gasteiger partial charge in [0.25, 0.3) is 10.0 Å². The molecule has 0 saturated carbocycles. The quantitative estimate of drug-likeness (QED) is 0.649. The number of aryl methyl sites for hydroxylation is 1. The smallest absolute Gasteiger partial charge is 0.264 e. The zero-order chi connectivity index (χ0) is 18.6. The summed E-state index contributed by atoms with van der Waals surface area (Å²) in [5, 5.41) is 0. The van der Waals surface area contributed by atoms with Crippen LogP contribution >= 0.6 is 0 Å². The van der Waals surface area contributed by atoms with Gasteiger partial charge in [0, 0.05) is 5.56 Å². The molecular formula is C21H21NO3S. The summed E-state index contributed by atoms with van der Waals surface area (Å²) in [6.45, 7) is 2.16. The summed E-state index contributed by atoms with van der Waals surface area (Å²) in [7, 11) is -2.12. The third-order valence-electron chi connectivity index (χ3n) is 4.13. The van der Waals surface area contributed by atoms with Crippen molar-refractivity contribution in [1.29, 1.82) is 0 Å². The normalized spacial score (nSPS) is 11.2. The first-order valence-electron chi connectivity index (χ1n) is 8.29. The molecule has 0 heterocycles. The first kappa shape index (κ1) is 18.0. The zero-order valence-electron chi connectivity index (χ0n) is 14.8. The molecule has 4 nitrogen and oxygen atoms in total. The Morgan fingerprint density at radius 2 is 1.50 bits per heavy atom. The van der Waals surface area contributed by atoms with Gasteiger partial charge in [0.2, 0.25) is 0 Å². The first-order chi connectivity index (χ1) is 12.5. The number of anilines is 1. The number of ether oxygens (including phenoxy) is 1. The van der Waals surface area contributed by atoms with E-state index in [1.165, 1.54) is 4.31 Å². The van der Waals surface area contributed by atoms with Crippen molar-refractivity contribution in [2.75, 3.05) is 11.4 Å². The maximum atomic E-state index is 13.3. The van der Waals surface area contributed by atoms with Crippen LogP contribution in [0, 0.1) is 6.92 Å². The van der Waals surface area contributed by atoms with Gasteiger partial charge < -0.3 is 4.74 Å². The Kier molecular flexibility index (Phi) is 5.28. The molecule has 0 N–H and O–H groups in total.